The van der Waals surface area contributed by atoms with Crippen molar-refractivity contribution >= 4 is 33.2 Å². The Bertz CT molecular complexity index is 501. The highest BCUT2D eigenvalue weighted by Gasteiger charge is 2.37. The highest BCUT2D eigenvalue weighted by atomic mass is 79.9. The molecule has 19 heavy (non-hydrogen) atoms. The molecule has 104 valence electrons. The smallest absolute Gasteiger partial charge is 0.247 e. The van der Waals surface area contributed by atoms with Crippen molar-refractivity contribution < 1.29 is 4.79 Å². The number of likely N-dealkylation sites (N-methyl/N-ethyl adjacent to an activating group) is 2. The van der Waals surface area contributed by atoms with Crippen LogP contribution in [0.25, 0.3) is 0 Å². The number of benzene rings is 1. The van der Waals surface area contributed by atoms with Crippen LogP contribution in [0, 0.1) is 0 Å². The number of nitrogens with one attached hydrogen (secondary N) is 1. The maximum absolute atomic E-state index is 12.4. The number of rotatable bonds is 3. The van der Waals surface area contributed by atoms with Gasteiger partial charge in [0, 0.05) is 18.1 Å². The zero-order valence-corrected chi connectivity index (χ0v) is 13.4. The molecule has 0 spiro atoms. The summed E-state index contributed by atoms with van der Waals surface area (Å²) in [4.78, 5) is 16.3. The third-order valence-electron chi connectivity index (χ3n) is 3.43. The molecule has 0 saturated heterocycles. The Morgan fingerprint density at radius 3 is 2.68 bits per heavy atom. The number of nitrogens with zero attached hydrogens (tertiary/aromatic N) is 2. The molecule has 1 amide bonds. The van der Waals surface area contributed by atoms with E-state index < -0.39 is 0 Å². The molecule has 0 atom stereocenters. The monoisotopic (exact) mass is 325 g/mol. The van der Waals surface area contributed by atoms with Crippen LogP contribution >= 0.6 is 15.9 Å². The Labute approximate surface area is 122 Å². The fraction of sp³-hybridized carbons (Fsp3) is 0.500. The Balaban J connectivity index is 2.53. The van der Waals surface area contributed by atoms with Crippen LogP contribution in [0.15, 0.2) is 22.7 Å². The van der Waals surface area contributed by atoms with Crippen LogP contribution in [0.2, 0.25) is 0 Å². The fourth-order valence-electron chi connectivity index (χ4n) is 2.67. The lowest BCUT2D eigenvalue weighted by molar-refractivity contribution is -0.118. The van der Waals surface area contributed by atoms with Crippen LogP contribution < -0.4 is 15.1 Å². The van der Waals surface area contributed by atoms with Gasteiger partial charge in [-0.1, -0.05) is 15.9 Å². The van der Waals surface area contributed by atoms with E-state index in [2.05, 4.69) is 35.1 Å². The minimum atomic E-state index is -0.261. The number of carbonyl (C=O) groups is 1. The highest BCUT2D eigenvalue weighted by Crippen LogP contribution is 2.38. The number of carbonyl (C=O) groups excluding carboxylic acids is 1. The van der Waals surface area contributed by atoms with E-state index in [1.807, 2.05) is 42.1 Å². The molecule has 0 fully saturated rings. The summed E-state index contributed by atoms with van der Waals surface area (Å²) in [5.41, 5.74) is 1.79. The Hall–Kier alpha value is -1.07. The molecule has 1 heterocycles. The Kier molecular flexibility index (Phi) is 3.87. The number of amides is 1. The molecule has 0 radical (unpaired) electrons. The average molecular weight is 326 g/mol. The summed E-state index contributed by atoms with van der Waals surface area (Å²) >= 11 is 3.49. The molecular weight excluding hydrogens is 306 g/mol. The molecule has 1 aromatic carbocycles. The number of anilines is 2. The van der Waals surface area contributed by atoms with Crippen LogP contribution in [0.4, 0.5) is 11.4 Å². The van der Waals surface area contributed by atoms with Crippen LogP contribution in [0.1, 0.15) is 13.8 Å². The predicted molar refractivity (Wildman–Crippen MR) is 82.9 cm³/mol. The molecule has 0 bridgehead atoms. The zero-order valence-electron chi connectivity index (χ0n) is 11.8. The van der Waals surface area contributed by atoms with Gasteiger partial charge in [0.05, 0.1) is 23.5 Å². The fourth-order valence-corrected chi connectivity index (χ4v) is 3.02. The van der Waals surface area contributed by atoms with Crippen LogP contribution in [-0.4, -0.2) is 38.6 Å². The first-order valence-corrected chi connectivity index (χ1v) is 7.14. The van der Waals surface area contributed by atoms with Crippen molar-refractivity contribution in [1.82, 2.24) is 5.32 Å². The molecule has 2 rings (SSSR count). The maximum atomic E-state index is 12.4. The van der Waals surface area contributed by atoms with E-state index in [0.717, 1.165) is 22.4 Å². The summed E-state index contributed by atoms with van der Waals surface area (Å²) in [5, 5.41) is 3.16. The summed E-state index contributed by atoms with van der Waals surface area (Å²) in [6.45, 7) is 5.32. The normalized spacial score (nSPS) is 15.7. The molecule has 1 aromatic rings. The second kappa shape index (κ2) is 5.13. The van der Waals surface area contributed by atoms with Crippen LogP contribution in [0.3, 0.4) is 0 Å². The number of hydrogen-bond acceptors (Lipinski definition) is 3. The molecule has 1 aliphatic rings. The summed E-state index contributed by atoms with van der Waals surface area (Å²) < 4.78 is 0.986. The van der Waals surface area contributed by atoms with E-state index in [4.69, 9.17) is 0 Å². The van der Waals surface area contributed by atoms with Crippen molar-refractivity contribution in [3.05, 3.63) is 22.7 Å². The first kappa shape index (κ1) is 14.3. The topological polar surface area (TPSA) is 35.6 Å². The largest absolute Gasteiger partial charge is 0.364 e. The van der Waals surface area contributed by atoms with Gasteiger partial charge >= 0.3 is 0 Å². The van der Waals surface area contributed by atoms with Gasteiger partial charge in [-0.05, 0) is 39.1 Å². The van der Waals surface area contributed by atoms with Gasteiger partial charge in [-0.15, -0.1) is 0 Å². The van der Waals surface area contributed by atoms with E-state index in [-0.39, 0.29) is 11.4 Å². The molecule has 0 aromatic heterocycles. The van der Waals surface area contributed by atoms with Crippen molar-refractivity contribution in [2.24, 2.45) is 0 Å². The summed E-state index contributed by atoms with van der Waals surface area (Å²) in [7, 11) is 3.86. The van der Waals surface area contributed by atoms with E-state index in [0.29, 0.717) is 6.54 Å². The van der Waals surface area contributed by atoms with Gasteiger partial charge in [0.15, 0.2) is 0 Å². The van der Waals surface area contributed by atoms with Crippen molar-refractivity contribution in [2.75, 3.05) is 37.0 Å². The van der Waals surface area contributed by atoms with Gasteiger partial charge in [-0.25, -0.2) is 0 Å². The highest BCUT2D eigenvalue weighted by molar-refractivity contribution is 9.10. The number of halogens is 1. The van der Waals surface area contributed by atoms with Gasteiger partial charge in [0.1, 0.15) is 0 Å². The molecule has 4 nitrogen and oxygen atoms in total. The van der Waals surface area contributed by atoms with E-state index in [9.17, 15) is 4.79 Å². The molecule has 0 saturated carbocycles. The van der Waals surface area contributed by atoms with E-state index >= 15 is 0 Å². The lowest BCUT2D eigenvalue weighted by atomic mass is 9.99. The first-order chi connectivity index (χ1) is 8.86. The lowest BCUT2D eigenvalue weighted by Crippen LogP contribution is -2.58. The molecule has 1 N–H and O–H groups in total. The lowest BCUT2D eigenvalue weighted by Gasteiger charge is -2.44. The minimum Gasteiger partial charge on any atom is -0.364 e. The molecule has 0 unspecified atom stereocenters. The van der Waals surface area contributed by atoms with Crippen molar-refractivity contribution in [3.63, 3.8) is 0 Å². The molecule has 0 aliphatic carbocycles. The summed E-state index contributed by atoms with van der Waals surface area (Å²) in [6, 6.07) is 6.07. The first-order valence-electron chi connectivity index (χ1n) is 6.35. The standard InChI is InChI=1S/C14H20BrN3O/c1-14(2,9-16-3)18-12-7-10(15)5-6-11(12)17(4)8-13(18)19/h5-7,16H,8-9H2,1-4H3. The van der Waals surface area contributed by atoms with Gasteiger partial charge in [0.25, 0.3) is 0 Å². The maximum Gasteiger partial charge on any atom is 0.247 e. The zero-order chi connectivity index (χ0) is 14.2. The minimum absolute atomic E-state index is 0.133. The van der Waals surface area contributed by atoms with Crippen molar-refractivity contribution in [3.8, 4) is 0 Å². The number of hydrogen-bond donors (Lipinski definition) is 1. The molecule has 1 aliphatic heterocycles. The predicted octanol–water partition coefficient (Wildman–Crippen LogP) is 2.23. The quantitative estimate of drug-likeness (QED) is 0.925. The van der Waals surface area contributed by atoms with E-state index in [1.54, 1.807) is 0 Å². The average Bonchev–Trinajstić information content (AvgIpc) is 2.27. The van der Waals surface area contributed by atoms with Crippen LogP contribution in [-0.2, 0) is 4.79 Å². The van der Waals surface area contributed by atoms with Gasteiger partial charge in [-0.3, -0.25) is 4.79 Å². The van der Waals surface area contributed by atoms with Crippen molar-refractivity contribution in [1.29, 1.82) is 0 Å². The Morgan fingerprint density at radius 1 is 1.37 bits per heavy atom. The third kappa shape index (κ3) is 2.62. The SMILES string of the molecule is CNCC(C)(C)N1C(=O)CN(C)c2ccc(Br)cc21. The van der Waals surface area contributed by atoms with Crippen molar-refractivity contribution in [2.45, 2.75) is 19.4 Å². The second-order valence-corrected chi connectivity index (χ2v) is 6.48. The van der Waals surface area contributed by atoms with Gasteiger partial charge in [-0.2, -0.15) is 0 Å². The Morgan fingerprint density at radius 2 is 2.05 bits per heavy atom. The third-order valence-corrected chi connectivity index (χ3v) is 3.92. The van der Waals surface area contributed by atoms with Gasteiger partial charge < -0.3 is 15.1 Å². The molecule has 5 heteroatoms. The second-order valence-electron chi connectivity index (χ2n) is 5.56. The van der Waals surface area contributed by atoms with Gasteiger partial charge in [0.2, 0.25) is 5.91 Å². The number of fused-ring (bicyclic) bond motifs is 1. The summed E-state index contributed by atoms with van der Waals surface area (Å²) in [5.74, 6) is 0.133. The molecular formula is C14H20BrN3O. The summed E-state index contributed by atoms with van der Waals surface area (Å²) in [6.07, 6.45) is 0. The van der Waals surface area contributed by atoms with Crippen LogP contribution in [0.5, 0.6) is 0 Å². The van der Waals surface area contributed by atoms with E-state index in [1.165, 1.54) is 0 Å².